The first-order valence-corrected chi connectivity index (χ1v) is 13.5. The molecule has 6 rings (SSSR count). The van der Waals surface area contributed by atoms with Gasteiger partial charge in [0.2, 0.25) is 0 Å². The van der Waals surface area contributed by atoms with E-state index in [2.05, 4.69) is 20.2 Å². The molecule has 13 heteroatoms. The van der Waals surface area contributed by atoms with Crippen LogP contribution in [0.2, 0.25) is 5.02 Å². The van der Waals surface area contributed by atoms with Crippen molar-refractivity contribution in [2.75, 3.05) is 41.4 Å². The molecule has 2 aromatic heterocycles. The van der Waals surface area contributed by atoms with Crippen LogP contribution in [0.15, 0.2) is 48.7 Å². The van der Waals surface area contributed by atoms with Gasteiger partial charge < -0.3 is 19.1 Å². The zero-order chi connectivity index (χ0) is 28.9. The second-order valence-electron chi connectivity index (χ2n) is 10.6. The number of halogens is 4. The summed E-state index contributed by atoms with van der Waals surface area (Å²) in [7, 11) is 0. The van der Waals surface area contributed by atoms with Crippen LogP contribution in [0.25, 0.3) is 11.3 Å². The minimum absolute atomic E-state index is 0.159. The topological polar surface area (TPSA) is 89.1 Å². The van der Waals surface area contributed by atoms with E-state index in [-0.39, 0.29) is 40.9 Å². The molecule has 2 fully saturated rings. The molecule has 0 spiro atoms. The van der Waals surface area contributed by atoms with Crippen molar-refractivity contribution in [1.29, 1.82) is 0 Å². The van der Waals surface area contributed by atoms with Crippen molar-refractivity contribution in [1.82, 2.24) is 9.97 Å². The Kier molecular flexibility index (Phi) is 6.95. The molecule has 216 valence electrons. The number of nitrogens with one attached hydrogen (secondary N) is 1. The van der Waals surface area contributed by atoms with E-state index in [0.29, 0.717) is 43.4 Å². The SMILES string of the molecule is CC1(C)OC[C@H](COc2ccnc(NC(=O)N3c4nc(-c5cccc(C(F)(F)F)c5)c(Cl)cc4N4CCC3C4)c2)O1. The third-order valence-electron chi connectivity index (χ3n) is 7.19. The number of carbonyl (C=O) groups is 1. The zero-order valence-electron chi connectivity index (χ0n) is 22.2. The number of hydrogen-bond acceptors (Lipinski definition) is 7. The van der Waals surface area contributed by atoms with E-state index in [0.717, 1.165) is 12.1 Å². The first-order chi connectivity index (χ1) is 19.5. The molecule has 1 aromatic carbocycles. The van der Waals surface area contributed by atoms with Crippen molar-refractivity contribution < 1.29 is 32.2 Å². The Balaban J connectivity index is 1.25. The van der Waals surface area contributed by atoms with Crippen molar-refractivity contribution in [3.8, 4) is 17.0 Å². The fourth-order valence-electron chi connectivity index (χ4n) is 5.30. The van der Waals surface area contributed by atoms with Gasteiger partial charge in [-0.25, -0.2) is 14.8 Å². The fraction of sp³-hybridized carbons (Fsp3) is 0.393. The normalized spacial score (nSPS) is 21.1. The van der Waals surface area contributed by atoms with E-state index in [1.807, 2.05) is 13.8 Å². The summed E-state index contributed by atoms with van der Waals surface area (Å²) < 4.78 is 57.3. The quantitative estimate of drug-likeness (QED) is 0.392. The largest absolute Gasteiger partial charge is 0.491 e. The van der Waals surface area contributed by atoms with E-state index in [9.17, 15) is 18.0 Å². The molecule has 3 aliphatic rings. The van der Waals surface area contributed by atoms with Gasteiger partial charge in [-0.3, -0.25) is 10.2 Å². The lowest BCUT2D eigenvalue weighted by molar-refractivity contribution is -0.141. The van der Waals surface area contributed by atoms with Crippen LogP contribution >= 0.6 is 11.6 Å². The van der Waals surface area contributed by atoms with Gasteiger partial charge in [0.25, 0.3) is 0 Å². The smallest absolute Gasteiger partial charge is 0.416 e. The molecule has 3 aromatic rings. The molecule has 0 radical (unpaired) electrons. The summed E-state index contributed by atoms with van der Waals surface area (Å²) in [6.07, 6.45) is -2.54. The summed E-state index contributed by atoms with van der Waals surface area (Å²) in [5.41, 5.74) is 0.188. The highest BCUT2D eigenvalue weighted by atomic mass is 35.5. The number of ether oxygens (including phenoxy) is 3. The summed E-state index contributed by atoms with van der Waals surface area (Å²) in [5, 5.41) is 3.01. The summed E-state index contributed by atoms with van der Waals surface area (Å²) in [5.74, 6) is 0.420. The Labute approximate surface area is 239 Å². The predicted molar refractivity (Wildman–Crippen MR) is 146 cm³/mol. The summed E-state index contributed by atoms with van der Waals surface area (Å²) in [6, 6.07) is 9.08. The van der Waals surface area contributed by atoms with Gasteiger partial charge in [0.15, 0.2) is 11.6 Å². The van der Waals surface area contributed by atoms with Crippen LogP contribution in [0.3, 0.4) is 0 Å². The minimum Gasteiger partial charge on any atom is -0.491 e. The zero-order valence-corrected chi connectivity index (χ0v) is 23.0. The average Bonchev–Trinajstić information content (AvgIpc) is 3.50. The maximum atomic E-state index is 13.6. The molecule has 1 N–H and O–H groups in total. The highest BCUT2D eigenvalue weighted by molar-refractivity contribution is 6.33. The molecular weight excluding hydrogens is 563 g/mol. The molecule has 2 amide bonds. The molecule has 9 nitrogen and oxygen atoms in total. The number of pyridine rings is 2. The third-order valence-corrected chi connectivity index (χ3v) is 7.47. The first kappa shape index (κ1) is 27.6. The number of nitrogens with zero attached hydrogens (tertiary/aromatic N) is 4. The van der Waals surface area contributed by atoms with Gasteiger partial charge in [-0.15, -0.1) is 0 Å². The van der Waals surface area contributed by atoms with Gasteiger partial charge in [-0.1, -0.05) is 23.7 Å². The molecule has 0 aliphatic carbocycles. The molecule has 0 saturated carbocycles. The Bertz CT molecular complexity index is 1490. The summed E-state index contributed by atoms with van der Waals surface area (Å²) in [4.78, 5) is 26.1. The predicted octanol–water partition coefficient (Wildman–Crippen LogP) is 5.98. The monoisotopic (exact) mass is 589 g/mol. The highest BCUT2D eigenvalue weighted by Gasteiger charge is 2.41. The standard InChI is InChI=1S/C28H27ClF3N5O4/c1-27(2)40-15-20(41-27)14-39-19-6-8-33-23(11-19)34-26(38)37-18-7-9-36(13-18)22-12-21(29)24(35-25(22)37)16-4-3-5-17(10-16)28(30,31)32/h3-6,8,10-12,18,20H,7,9,13-15H2,1-2H3,(H,33,34,38)/t18?,20-/m0/s1. The number of benzene rings is 1. The maximum Gasteiger partial charge on any atom is 0.416 e. The van der Waals surface area contributed by atoms with Crippen molar-refractivity contribution in [2.45, 2.75) is 44.4 Å². The molecule has 2 atom stereocenters. The van der Waals surface area contributed by atoms with E-state index in [1.165, 1.54) is 23.2 Å². The van der Waals surface area contributed by atoms with Gasteiger partial charge in [0, 0.05) is 30.9 Å². The number of aromatic nitrogens is 2. The number of fused-ring (bicyclic) bond motifs is 4. The first-order valence-electron chi connectivity index (χ1n) is 13.1. The van der Waals surface area contributed by atoms with Gasteiger partial charge in [0.1, 0.15) is 24.3 Å². The lowest BCUT2D eigenvalue weighted by atomic mass is 10.1. The Hall–Kier alpha value is -3.61. The van der Waals surface area contributed by atoms with E-state index < -0.39 is 23.6 Å². The highest BCUT2D eigenvalue weighted by Crippen LogP contribution is 2.44. The Morgan fingerprint density at radius 1 is 1.24 bits per heavy atom. The Morgan fingerprint density at radius 2 is 2.07 bits per heavy atom. The molecule has 1 unspecified atom stereocenters. The van der Waals surface area contributed by atoms with Crippen LogP contribution in [0.5, 0.6) is 5.75 Å². The van der Waals surface area contributed by atoms with Crippen LogP contribution in [-0.2, 0) is 15.7 Å². The molecule has 5 heterocycles. The van der Waals surface area contributed by atoms with E-state index >= 15 is 0 Å². The Morgan fingerprint density at radius 3 is 2.83 bits per heavy atom. The molecule has 3 aliphatic heterocycles. The van der Waals surface area contributed by atoms with Gasteiger partial charge in [0.05, 0.1) is 34.6 Å². The number of urea groups is 1. The number of alkyl halides is 3. The number of rotatable bonds is 5. The lowest BCUT2D eigenvalue weighted by Gasteiger charge is -2.36. The number of anilines is 3. The van der Waals surface area contributed by atoms with Crippen molar-refractivity contribution in [2.24, 2.45) is 0 Å². The number of amides is 2. The van der Waals surface area contributed by atoms with Gasteiger partial charge >= 0.3 is 12.2 Å². The van der Waals surface area contributed by atoms with Crippen LogP contribution < -0.4 is 19.9 Å². The van der Waals surface area contributed by atoms with Crippen LogP contribution in [-0.4, -0.2) is 60.2 Å². The summed E-state index contributed by atoms with van der Waals surface area (Å²) >= 11 is 6.53. The fourth-order valence-corrected chi connectivity index (χ4v) is 5.56. The third kappa shape index (κ3) is 5.64. The minimum atomic E-state index is -4.52. The second-order valence-corrected chi connectivity index (χ2v) is 11.0. The lowest BCUT2D eigenvalue weighted by Crippen LogP contribution is -2.48. The molecule has 41 heavy (non-hydrogen) atoms. The molecule has 2 bridgehead atoms. The number of hydrogen-bond donors (Lipinski definition) is 1. The van der Waals surface area contributed by atoms with E-state index in [1.54, 1.807) is 18.2 Å². The van der Waals surface area contributed by atoms with Crippen LogP contribution in [0.1, 0.15) is 25.8 Å². The van der Waals surface area contributed by atoms with Crippen LogP contribution in [0, 0.1) is 0 Å². The van der Waals surface area contributed by atoms with Crippen molar-refractivity contribution in [3.05, 3.63) is 59.2 Å². The van der Waals surface area contributed by atoms with Crippen molar-refractivity contribution in [3.63, 3.8) is 0 Å². The van der Waals surface area contributed by atoms with Gasteiger partial charge in [-0.2, -0.15) is 13.2 Å². The molecule has 2 saturated heterocycles. The van der Waals surface area contributed by atoms with Crippen LogP contribution in [0.4, 0.5) is 35.3 Å². The molecular formula is C28H27ClF3N5O4. The number of carbonyl (C=O) groups excluding carboxylic acids is 1. The average molecular weight is 590 g/mol. The maximum absolute atomic E-state index is 13.6. The second kappa shape index (κ2) is 10.3. The summed E-state index contributed by atoms with van der Waals surface area (Å²) in [6.45, 7) is 5.61. The van der Waals surface area contributed by atoms with E-state index in [4.69, 9.17) is 25.8 Å². The van der Waals surface area contributed by atoms with Crippen molar-refractivity contribution >= 4 is 35.0 Å². The van der Waals surface area contributed by atoms with Gasteiger partial charge in [-0.05, 0) is 44.5 Å².